The van der Waals surface area contributed by atoms with E-state index >= 15 is 0 Å². The predicted octanol–water partition coefficient (Wildman–Crippen LogP) is 7.17. The summed E-state index contributed by atoms with van der Waals surface area (Å²) in [7, 11) is 2.07. The van der Waals surface area contributed by atoms with Gasteiger partial charge in [0.25, 0.3) is 5.91 Å². The second-order valence-corrected chi connectivity index (χ2v) is 10.0. The Kier molecular flexibility index (Phi) is 7.21. The van der Waals surface area contributed by atoms with Crippen LogP contribution < -0.4 is 5.32 Å². The van der Waals surface area contributed by atoms with Gasteiger partial charge in [-0.25, -0.2) is 4.98 Å². The van der Waals surface area contributed by atoms with Gasteiger partial charge < -0.3 is 5.32 Å². The van der Waals surface area contributed by atoms with Gasteiger partial charge in [-0.1, -0.05) is 91.7 Å². The van der Waals surface area contributed by atoms with Gasteiger partial charge >= 0.3 is 6.18 Å². The Bertz CT molecular complexity index is 1400. The second kappa shape index (κ2) is 10.6. The number of alkyl halides is 3. The van der Waals surface area contributed by atoms with Crippen LogP contribution in [0.25, 0.3) is 10.9 Å². The van der Waals surface area contributed by atoms with Crippen LogP contribution in [0.2, 0.25) is 0 Å². The number of carbonyl (C=O) groups excluding carboxylic acids is 1. The molecule has 1 fully saturated rings. The average Bonchev–Trinajstić information content (AvgIpc) is 3.42. The number of amides is 1. The molecule has 1 aliphatic rings. The number of nitrogens with one attached hydrogen (secondary N) is 1. The highest BCUT2D eigenvalue weighted by molar-refractivity contribution is 6.06. The Balaban J connectivity index is 1.57. The molecule has 3 aromatic carbocycles. The molecular weight excluding hydrogens is 487 g/mol. The van der Waals surface area contributed by atoms with Crippen LogP contribution in [-0.2, 0) is 12.7 Å². The molecule has 196 valence electrons. The minimum Gasteiger partial charge on any atom is -0.343 e. The number of pyridine rings is 1. The number of likely N-dealkylation sites (N-methyl/N-ethyl adjacent to an activating group) is 1. The fraction of sp³-hybridized carbons (Fsp3) is 0.290. The van der Waals surface area contributed by atoms with Crippen LogP contribution in [-0.4, -0.2) is 28.4 Å². The van der Waals surface area contributed by atoms with Gasteiger partial charge in [-0.15, -0.1) is 0 Å². The third kappa shape index (κ3) is 5.16. The number of fused-ring (bicyclic) bond motifs is 1. The number of hydrogen-bond donors (Lipinski definition) is 1. The fourth-order valence-corrected chi connectivity index (χ4v) is 5.78. The summed E-state index contributed by atoms with van der Waals surface area (Å²) in [6.07, 6.45) is -0.925. The molecule has 1 aromatic heterocycles. The van der Waals surface area contributed by atoms with E-state index in [2.05, 4.69) is 34.4 Å². The van der Waals surface area contributed by atoms with Gasteiger partial charge in [0.2, 0.25) is 0 Å². The molecule has 7 heteroatoms. The summed E-state index contributed by atoms with van der Waals surface area (Å²) >= 11 is 0. The standard InChI is InChI=1S/C31H30F3N3O/c1-37(21-22-12-4-2-5-13-22)30(18-10-11-19-30)28(23-14-6-3-7-15-23)36-29(38)25-20-27(31(32,33)34)35-26-17-9-8-16-24(25)26/h2-9,12-17,20,28H,10-11,18-19,21H2,1H3,(H,36,38). The molecule has 38 heavy (non-hydrogen) atoms. The average molecular weight is 518 g/mol. The summed E-state index contributed by atoms with van der Waals surface area (Å²) < 4.78 is 41.1. The zero-order chi connectivity index (χ0) is 26.8. The zero-order valence-electron chi connectivity index (χ0n) is 21.2. The molecule has 0 aliphatic heterocycles. The van der Waals surface area contributed by atoms with E-state index in [9.17, 15) is 18.0 Å². The van der Waals surface area contributed by atoms with E-state index in [0.717, 1.165) is 42.9 Å². The number of rotatable bonds is 7. The SMILES string of the molecule is CN(Cc1ccccc1)C1(C(NC(=O)c2cc(C(F)(F)F)nc3ccccc23)c2ccccc2)CCCC1. The highest BCUT2D eigenvalue weighted by Crippen LogP contribution is 2.45. The maximum Gasteiger partial charge on any atom is 0.433 e. The van der Waals surface area contributed by atoms with Crippen LogP contribution in [0.3, 0.4) is 0 Å². The largest absolute Gasteiger partial charge is 0.433 e. The van der Waals surface area contributed by atoms with Gasteiger partial charge in [0.15, 0.2) is 0 Å². The number of halogens is 3. The van der Waals surface area contributed by atoms with E-state index < -0.39 is 29.4 Å². The van der Waals surface area contributed by atoms with Crippen molar-refractivity contribution >= 4 is 16.8 Å². The molecule has 0 spiro atoms. The summed E-state index contributed by atoms with van der Waals surface area (Å²) in [5, 5.41) is 3.59. The third-order valence-corrected chi connectivity index (χ3v) is 7.69. The summed E-state index contributed by atoms with van der Waals surface area (Å²) in [5.41, 5.74) is 0.728. The van der Waals surface area contributed by atoms with Gasteiger partial charge in [-0.05, 0) is 43.1 Å². The van der Waals surface area contributed by atoms with Crippen molar-refractivity contribution in [3.8, 4) is 0 Å². The summed E-state index contributed by atoms with van der Waals surface area (Å²) in [5.74, 6) is -0.540. The normalized spacial score (nSPS) is 16.0. The lowest BCUT2D eigenvalue weighted by atomic mass is 9.81. The smallest absolute Gasteiger partial charge is 0.343 e. The number of carbonyl (C=O) groups is 1. The Morgan fingerprint density at radius 3 is 2.21 bits per heavy atom. The lowest BCUT2D eigenvalue weighted by Crippen LogP contribution is -2.54. The van der Waals surface area contributed by atoms with E-state index in [1.807, 2.05) is 48.5 Å². The molecule has 1 heterocycles. The number of para-hydroxylation sites is 1. The van der Waals surface area contributed by atoms with Crippen molar-refractivity contribution in [1.29, 1.82) is 0 Å². The van der Waals surface area contributed by atoms with Crippen LogP contribution in [0, 0.1) is 0 Å². The zero-order valence-corrected chi connectivity index (χ0v) is 21.2. The predicted molar refractivity (Wildman–Crippen MR) is 143 cm³/mol. The molecule has 4 nitrogen and oxygen atoms in total. The monoisotopic (exact) mass is 517 g/mol. The first-order valence-electron chi connectivity index (χ1n) is 12.9. The Morgan fingerprint density at radius 2 is 1.55 bits per heavy atom. The molecule has 1 atom stereocenters. The van der Waals surface area contributed by atoms with E-state index in [0.29, 0.717) is 11.9 Å². The van der Waals surface area contributed by atoms with E-state index in [1.54, 1.807) is 18.2 Å². The summed E-state index contributed by atoms with van der Waals surface area (Å²) in [6.45, 7) is 0.691. The van der Waals surface area contributed by atoms with E-state index in [1.165, 1.54) is 6.07 Å². The van der Waals surface area contributed by atoms with Crippen molar-refractivity contribution in [1.82, 2.24) is 15.2 Å². The maximum absolute atomic E-state index is 13.9. The molecule has 1 aliphatic carbocycles. The van der Waals surface area contributed by atoms with Crippen LogP contribution in [0.15, 0.2) is 91.0 Å². The minimum absolute atomic E-state index is 0.0253. The third-order valence-electron chi connectivity index (χ3n) is 7.69. The number of benzene rings is 3. The van der Waals surface area contributed by atoms with Crippen molar-refractivity contribution in [2.75, 3.05) is 7.05 Å². The van der Waals surface area contributed by atoms with Crippen molar-refractivity contribution < 1.29 is 18.0 Å². The van der Waals surface area contributed by atoms with Gasteiger partial charge in [0.1, 0.15) is 5.69 Å². The molecule has 0 radical (unpaired) electrons. The fourth-order valence-electron chi connectivity index (χ4n) is 5.78. The van der Waals surface area contributed by atoms with Gasteiger partial charge in [-0.3, -0.25) is 9.69 Å². The quantitative estimate of drug-likeness (QED) is 0.283. The first kappa shape index (κ1) is 25.9. The molecule has 0 bridgehead atoms. The molecule has 1 unspecified atom stereocenters. The van der Waals surface area contributed by atoms with Crippen LogP contribution in [0.5, 0.6) is 0 Å². The molecule has 1 N–H and O–H groups in total. The first-order valence-corrected chi connectivity index (χ1v) is 12.9. The maximum atomic E-state index is 13.9. The Labute approximate surface area is 220 Å². The van der Waals surface area contributed by atoms with E-state index in [4.69, 9.17) is 0 Å². The van der Waals surface area contributed by atoms with E-state index in [-0.39, 0.29) is 11.1 Å². The van der Waals surface area contributed by atoms with Gasteiger partial charge in [-0.2, -0.15) is 13.2 Å². The number of aromatic nitrogens is 1. The minimum atomic E-state index is -4.67. The second-order valence-electron chi connectivity index (χ2n) is 10.0. The summed E-state index contributed by atoms with van der Waals surface area (Å²) in [6, 6.07) is 26.8. The van der Waals surface area contributed by atoms with Gasteiger partial charge in [0, 0.05) is 17.5 Å². The van der Waals surface area contributed by atoms with Crippen LogP contribution >= 0.6 is 0 Å². The van der Waals surface area contributed by atoms with Gasteiger partial charge in [0.05, 0.1) is 17.1 Å². The summed E-state index contributed by atoms with van der Waals surface area (Å²) in [4.78, 5) is 20.0. The number of nitrogens with zero attached hydrogens (tertiary/aromatic N) is 2. The number of hydrogen-bond acceptors (Lipinski definition) is 3. The molecule has 5 rings (SSSR count). The molecule has 0 saturated heterocycles. The van der Waals surface area contributed by atoms with Crippen molar-refractivity contribution in [3.63, 3.8) is 0 Å². The Hall–Kier alpha value is -3.71. The molecular formula is C31H30F3N3O. The Morgan fingerprint density at radius 1 is 0.947 bits per heavy atom. The van der Waals surface area contributed by atoms with Crippen molar-refractivity contribution in [2.45, 2.75) is 50.0 Å². The highest BCUT2D eigenvalue weighted by atomic mass is 19.4. The van der Waals surface area contributed by atoms with Crippen molar-refractivity contribution in [3.05, 3.63) is 113 Å². The van der Waals surface area contributed by atoms with Crippen LogP contribution in [0.1, 0.15) is 58.9 Å². The van der Waals surface area contributed by atoms with Crippen molar-refractivity contribution in [2.24, 2.45) is 0 Å². The van der Waals surface area contributed by atoms with Crippen LogP contribution in [0.4, 0.5) is 13.2 Å². The molecule has 1 saturated carbocycles. The highest BCUT2D eigenvalue weighted by Gasteiger charge is 2.46. The lowest BCUT2D eigenvalue weighted by molar-refractivity contribution is -0.140. The lowest BCUT2D eigenvalue weighted by Gasteiger charge is -2.45. The molecule has 1 amide bonds. The first-order chi connectivity index (χ1) is 18.3. The molecule has 4 aromatic rings. The topological polar surface area (TPSA) is 45.2 Å².